The van der Waals surface area contributed by atoms with E-state index < -0.39 is 80.7 Å². The molecule has 2 aliphatic heterocycles. The van der Waals surface area contributed by atoms with Crippen LogP contribution in [-0.4, -0.2) is 142 Å². The predicted octanol–water partition coefficient (Wildman–Crippen LogP) is 7.24. The average Bonchev–Trinajstić information content (AvgIpc) is 3.29. The second kappa shape index (κ2) is 38.4. The highest BCUT2D eigenvalue weighted by molar-refractivity contribution is 5.69. The lowest BCUT2D eigenvalue weighted by atomic mass is 9.98. The molecule has 376 valence electrons. The van der Waals surface area contributed by atoms with Crippen LogP contribution >= 0.6 is 0 Å². The molecule has 0 aromatic heterocycles. The Balaban J connectivity index is 1.77. The summed E-state index contributed by atoms with van der Waals surface area (Å²) < 4.78 is 34.2. The molecule has 0 amide bonds. The molecule has 0 aromatic carbocycles. The number of aliphatic hydroxyl groups excluding tert-OH is 7. The van der Waals surface area contributed by atoms with Crippen molar-refractivity contribution < 1.29 is 69.0 Å². The first-order valence-corrected chi connectivity index (χ1v) is 25.4. The standard InChI is InChI=1S/C50H92O14/c1-3-5-7-9-11-13-15-17-18-19-20-21-22-23-25-27-29-31-33-42(52)62-39(36-59-34-32-30-28-26-24-16-14-12-10-8-6-4-2)37-60-49-48(58)46(56)44(54)41(64-49)38-61-50-47(57)45(55)43(53)40(35-51)63-50/h13,15,18-19,39-41,43-51,53-58H,3-12,14,16-17,20-38H2,1-2H3/b15-13-,19-18-. The van der Waals surface area contributed by atoms with Gasteiger partial charge in [0.05, 0.1) is 26.4 Å². The molecule has 0 saturated carbocycles. The molecule has 0 bridgehead atoms. The molecule has 7 N–H and O–H groups in total. The Labute approximate surface area is 386 Å². The molecular formula is C50H92O14. The molecule has 14 nitrogen and oxygen atoms in total. The molecule has 2 aliphatic rings. The van der Waals surface area contributed by atoms with E-state index in [2.05, 4.69) is 38.2 Å². The molecule has 0 spiro atoms. The van der Waals surface area contributed by atoms with E-state index in [0.29, 0.717) is 13.0 Å². The molecule has 0 aromatic rings. The highest BCUT2D eigenvalue weighted by Gasteiger charge is 2.47. The van der Waals surface area contributed by atoms with Crippen molar-refractivity contribution >= 4 is 5.97 Å². The van der Waals surface area contributed by atoms with E-state index in [1.54, 1.807) is 0 Å². The average molecular weight is 917 g/mol. The Morgan fingerprint density at radius 1 is 0.516 bits per heavy atom. The minimum atomic E-state index is -1.70. The highest BCUT2D eigenvalue weighted by Crippen LogP contribution is 2.26. The number of hydrogen-bond donors (Lipinski definition) is 7. The van der Waals surface area contributed by atoms with Gasteiger partial charge in [-0.05, 0) is 44.9 Å². The second-order valence-corrected chi connectivity index (χ2v) is 18.0. The summed E-state index contributed by atoms with van der Waals surface area (Å²) in [5.74, 6) is -0.382. The topological polar surface area (TPSA) is 214 Å². The van der Waals surface area contributed by atoms with Gasteiger partial charge >= 0.3 is 5.97 Å². The van der Waals surface area contributed by atoms with Gasteiger partial charge in [0.25, 0.3) is 0 Å². The summed E-state index contributed by atoms with van der Waals surface area (Å²) in [6.45, 7) is 3.67. The molecule has 11 atom stereocenters. The van der Waals surface area contributed by atoms with E-state index in [4.69, 9.17) is 28.4 Å². The number of ether oxygens (including phenoxy) is 6. The fourth-order valence-corrected chi connectivity index (χ4v) is 8.02. The van der Waals surface area contributed by atoms with Gasteiger partial charge in [0.2, 0.25) is 0 Å². The van der Waals surface area contributed by atoms with Crippen LogP contribution in [0.25, 0.3) is 0 Å². The third kappa shape index (κ3) is 26.1. The van der Waals surface area contributed by atoms with Crippen molar-refractivity contribution in [2.75, 3.05) is 33.0 Å². The van der Waals surface area contributed by atoms with E-state index in [1.165, 1.54) is 109 Å². The van der Waals surface area contributed by atoms with Crippen LogP contribution in [0.4, 0.5) is 0 Å². The van der Waals surface area contributed by atoms with Gasteiger partial charge in [0.15, 0.2) is 12.6 Å². The van der Waals surface area contributed by atoms with Crippen molar-refractivity contribution in [3.63, 3.8) is 0 Å². The van der Waals surface area contributed by atoms with E-state index in [-0.39, 0.29) is 25.6 Å². The molecule has 2 rings (SSSR count). The summed E-state index contributed by atoms with van der Waals surface area (Å²) in [6.07, 6.45) is 23.8. The summed E-state index contributed by atoms with van der Waals surface area (Å²) in [5.41, 5.74) is 0. The van der Waals surface area contributed by atoms with Crippen LogP contribution in [0.2, 0.25) is 0 Å². The Hall–Kier alpha value is -1.53. The number of aliphatic hydroxyl groups is 7. The van der Waals surface area contributed by atoms with Gasteiger partial charge < -0.3 is 64.2 Å². The van der Waals surface area contributed by atoms with Crippen molar-refractivity contribution in [3.8, 4) is 0 Å². The van der Waals surface area contributed by atoms with Gasteiger partial charge in [-0.2, -0.15) is 0 Å². The maximum atomic E-state index is 13.0. The number of esters is 1. The molecule has 0 radical (unpaired) electrons. The second-order valence-electron chi connectivity index (χ2n) is 18.0. The van der Waals surface area contributed by atoms with E-state index in [9.17, 15) is 40.5 Å². The van der Waals surface area contributed by atoms with E-state index >= 15 is 0 Å². The zero-order valence-electron chi connectivity index (χ0n) is 39.8. The first kappa shape index (κ1) is 58.6. The fourth-order valence-electron chi connectivity index (χ4n) is 8.02. The molecule has 2 heterocycles. The molecule has 64 heavy (non-hydrogen) atoms. The quantitative estimate of drug-likeness (QED) is 0.0184. The number of allylic oxidation sites excluding steroid dienone is 4. The van der Waals surface area contributed by atoms with Crippen molar-refractivity contribution in [3.05, 3.63) is 24.3 Å². The molecule has 11 unspecified atom stereocenters. The normalized spacial score (nSPS) is 26.9. The summed E-state index contributed by atoms with van der Waals surface area (Å²) in [7, 11) is 0. The van der Waals surface area contributed by atoms with Crippen LogP contribution in [0, 0.1) is 0 Å². The zero-order valence-corrected chi connectivity index (χ0v) is 39.8. The Morgan fingerprint density at radius 2 is 0.969 bits per heavy atom. The number of rotatable bonds is 40. The number of carbonyl (C=O) groups excluding carboxylic acids is 1. The maximum absolute atomic E-state index is 13.0. The van der Waals surface area contributed by atoms with Crippen LogP contribution < -0.4 is 0 Å². The first-order valence-electron chi connectivity index (χ1n) is 25.4. The molecule has 0 aliphatic carbocycles. The number of unbranched alkanes of at least 4 members (excludes halogenated alkanes) is 22. The molecule has 2 fully saturated rings. The fraction of sp³-hybridized carbons (Fsp3) is 0.900. The van der Waals surface area contributed by atoms with Crippen molar-refractivity contribution in [1.29, 1.82) is 0 Å². The number of carbonyl (C=O) groups is 1. The van der Waals surface area contributed by atoms with Gasteiger partial charge in [0.1, 0.15) is 54.9 Å². The smallest absolute Gasteiger partial charge is 0.306 e. The van der Waals surface area contributed by atoms with Crippen LogP contribution in [0.3, 0.4) is 0 Å². The van der Waals surface area contributed by atoms with Gasteiger partial charge in [-0.15, -0.1) is 0 Å². The summed E-state index contributed by atoms with van der Waals surface area (Å²) in [5, 5.41) is 72.0. The SMILES string of the molecule is CCCCCC/C=C\C/C=C\CCCCCCCCCC(=O)OC(COCCCCCCCCCCCCCC)COC1OC(COC2OC(CO)C(O)C(O)C2O)C(O)C(O)C1O. The lowest BCUT2D eigenvalue weighted by Gasteiger charge is -2.42. The maximum Gasteiger partial charge on any atom is 0.306 e. The molecule has 2 saturated heterocycles. The Morgan fingerprint density at radius 3 is 1.52 bits per heavy atom. The minimum Gasteiger partial charge on any atom is -0.457 e. The first-order chi connectivity index (χ1) is 31.1. The minimum absolute atomic E-state index is 0.0619. The van der Waals surface area contributed by atoms with Crippen LogP contribution in [-0.2, 0) is 33.2 Å². The summed E-state index contributed by atoms with van der Waals surface area (Å²) in [4.78, 5) is 13.0. The Bertz CT molecular complexity index is 1160. The summed E-state index contributed by atoms with van der Waals surface area (Å²) >= 11 is 0. The highest BCUT2D eigenvalue weighted by atomic mass is 16.7. The molecule has 14 heteroatoms. The van der Waals surface area contributed by atoms with E-state index in [1.807, 2.05) is 0 Å². The van der Waals surface area contributed by atoms with Crippen molar-refractivity contribution in [1.82, 2.24) is 0 Å². The van der Waals surface area contributed by atoms with Gasteiger partial charge in [0, 0.05) is 13.0 Å². The largest absolute Gasteiger partial charge is 0.457 e. The van der Waals surface area contributed by atoms with Crippen LogP contribution in [0.5, 0.6) is 0 Å². The van der Waals surface area contributed by atoms with Crippen molar-refractivity contribution in [2.45, 2.75) is 255 Å². The Kier molecular flexibility index (Phi) is 35.2. The number of hydrogen-bond acceptors (Lipinski definition) is 14. The summed E-state index contributed by atoms with van der Waals surface area (Å²) in [6, 6.07) is 0. The van der Waals surface area contributed by atoms with E-state index in [0.717, 1.165) is 51.4 Å². The lowest BCUT2D eigenvalue weighted by molar-refractivity contribution is -0.332. The van der Waals surface area contributed by atoms with Gasteiger partial charge in [-0.3, -0.25) is 4.79 Å². The third-order valence-corrected chi connectivity index (χ3v) is 12.2. The lowest BCUT2D eigenvalue weighted by Crippen LogP contribution is -2.61. The third-order valence-electron chi connectivity index (χ3n) is 12.2. The van der Waals surface area contributed by atoms with Crippen LogP contribution in [0.1, 0.15) is 187 Å². The van der Waals surface area contributed by atoms with Gasteiger partial charge in [-0.1, -0.05) is 160 Å². The zero-order chi connectivity index (χ0) is 46.6. The monoisotopic (exact) mass is 917 g/mol. The van der Waals surface area contributed by atoms with Gasteiger partial charge in [-0.25, -0.2) is 0 Å². The predicted molar refractivity (Wildman–Crippen MR) is 247 cm³/mol. The van der Waals surface area contributed by atoms with Crippen LogP contribution in [0.15, 0.2) is 24.3 Å². The molecular weight excluding hydrogens is 825 g/mol. The van der Waals surface area contributed by atoms with Crippen molar-refractivity contribution in [2.24, 2.45) is 0 Å².